The highest BCUT2D eigenvalue weighted by atomic mass is 32.2. The zero-order valence-electron chi connectivity index (χ0n) is 16.2. The van der Waals surface area contributed by atoms with Crippen LogP contribution in [-0.2, 0) is 21.4 Å². The number of hydrogen-bond acceptors (Lipinski definition) is 6. The first kappa shape index (κ1) is 21.2. The van der Waals surface area contributed by atoms with E-state index in [4.69, 9.17) is 4.42 Å². The monoisotopic (exact) mass is 459 g/mol. The third-order valence-corrected chi connectivity index (χ3v) is 6.92. The normalized spacial score (nSPS) is 11.6. The number of sulfonamides is 1. The van der Waals surface area contributed by atoms with Crippen molar-refractivity contribution < 1.29 is 22.0 Å². The lowest BCUT2D eigenvalue weighted by Crippen LogP contribution is -2.30. The third kappa shape index (κ3) is 5.16. The molecule has 2 aromatic heterocycles. The molecule has 4 aromatic rings. The summed E-state index contributed by atoms with van der Waals surface area (Å²) in [5, 5.41) is 3.45. The molecule has 0 fully saturated rings. The lowest BCUT2D eigenvalue weighted by molar-refractivity contribution is -0.121. The predicted octanol–water partition coefficient (Wildman–Crippen LogP) is 3.68. The topological polar surface area (TPSA) is 101 Å². The minimum Gasteiger partial charge on any atom is -0.457 e. The Labute approximate surface area is 182 Å². The molecule has 0 saturated carbocycles. The molecule has 160 valence electrons. The van der Waals surface area contributed by atoms with Crippen LogP contribution in [0.15, 0.2) is 70.0 Å². The van der Waals surface area contributed by atoms with Crippen LogP contribution in [0.25, 0.3) is 21.0 Å². The van der Waals surface area contributed by atoms with E-state index in [2.05, 4.69) is 15.0 Å². The maximum atomic E-state index is 12.9. The zero-order chi connectivity index (χ0) is 21.8. The van der Waals surface area contributed by atoms with Crippen molar-refractivity contribution in [2.75, 3.05) is 6.54 Å². The lowest BCUT2D eigenvalue weighted by atomic mass is 10.3. The number of nitrogens with one attached hydrogen (secondary N) is 2. The van der Waals surface area contributed by atoms with Crippen LogP contribution in [0.5, 0.6) is 0 Å². The summed E-state index contributed by atoms with van der Waals surface area (Å²) in [6, 6.07) is 15.8. The van der Waals surface area contributed by atoms with Crippen LogP contribution in [0.4, 0.5) is 4.39 Å². The quantitative estimate of drug-likeness (QED) is 0.419. The van der Waals surface area contributed by atoms with Crippen molar-refractivity contribution >= 4 is 37.5 Å². The molecule has 0 saturated heterocycles. The Bertz CT molecular complexity index is 1280. The molecule has 2 heterocycles. The van der Waals surface area contributed by atoms with Crippen molar-refractivity contribution in [3.63, 3.8) is 0 Å². The minimum atomic E-state index is -3.80. The largest absolute Gasteiger partial charge is 0.457 e. The number of thiazole rings is 1. The molecular weight excluding hydrogens is 441 g/mol. The van der Waals surface area contributed by atoms with Crippen LogP contribution in [0.1, 0.15) is 12.2 Å². The van der Waals surface area contributed by atoms with Gasteiger partial charge in [0.05, 0.1) is 21.7 Å². The summed E-state index contributed by atoms with van der Waals surface area (Å²) >= 11 is 1.52. The van der Waals surface area contributed by atoms with Crippen molar-refractivity contribution in [3.05, 3.63) is 72.2 Å². The van der Waals surface area contributed by atoms with Crippen LogP contribution in [-0.4, -0.2) is 25.9 Å². The Morgan fingerprint density at radius 1 is 1.06 bits per heavy atom. The number of para-hydroxylation sites is 1. The summed E-state index contributed by atoms with van der Waals surface area (Å²) in [5.41, 5.74) is 0.900. The molecule has 4 rings (SSSR count). The van der Waals surface area contributed by atoms with Gasteiger partial charge in [0, 0.05) is 13.0 Å². The molecule has 0 bridgehead atoms. The Morgan fingerprint density at radius 3 is 2.61 bits per heavy atom. The van der Waals surface area contributed by atoms with Gasteiger partial charge in [-0.05, 0) is 48.5 Å². The minimum absolute atomic E-state index is 0.0497. The highest BCUT2D eigenvalue weighted by molar-refractivity contribution is 7.89. The summed E-state index contributed by atoms with van der Waals surface area (Å²) in [5.74, 6) is 0.328. The van der Waals surface area contributed by atoms with E-state index < -0.39 is 15.8 Å². The zero-order valence-corrected chi connectivity index (χ0v) is 17.8. The molecule has 0 aliphatic rings. The van der Waals surface area contributed by atoms with Gasteiger partial charge in [0.2, 0.25) is 15.9 Å². The van der Waals surface area contributed by atoms with Gasteiger partial charge < -0.3 is 9.73 Å². The fraction of sp³-hybridized carbons (Fsp3) is 0.143. The number of nitrogens with zero attached hydrogens (tertiary/aromatic N) is 1. The number of carbonyl (C=O) groups is 1. The van der Waals surface area contributed by atoms with Gasteiger partial charge in [0.1, 0.15) is 11.6 Å². The summed E-state index contributed by atoms with van der Waals surface area (Å²) in [6.07, 6.45) is -0.0497. The molecule has 1 amide bonds. The molecule has 0 spiro atoms. The molecule has 0 aliphatic carbocycles. The van der Waals surface area contributed by atoms with Gasteiger partial charge in [-0.25, -0.2) is 22.5 Å². The van der Waals surface area contributed by atoms with Gasteiger partial charge >= 0.3 is 0 Å². The standard InChI is InChI=1S/C21H18FN3O4S2/c22-14-5-8-16(9-6-14)31(27,28)24-12-11-20(26)23-13-15-7-10-18(29-15)21-25-17-3-1-2-4-19(17)30-21/h1-10,24H,11-13H2,(H,23,26). The highest BCUT2D eigenvalue weighted by Gasteiger charge is 2.15. The Balaban J connectivity index is 1.27. The number of benzene rings is 2. The maximum absolute atomic E-state index is 12.9. The molecule has 0 atom stereocenters. The molecule has 7 nitrogen and oxygen atoms in total. The molecule has 10 heteroatoms. The Morgan fingerprint density at radius 2 is 1.84 bits per heavy atom. The van der Waals surface area contributed by atoms with Gasteiger partial charge in [0.15, 0.2) is 10.8 Å². The van der Waals surface area contributed by atoms with Crippen LogP contribution < -0.4 is 10.0 Å². The average molecular weight is 460 g/mol. The van der Waals surface area contributed by atoms with Gasteiger partial charge in [-0.1, -0.05) is 12.1 Å². The maximum Gasteiger partial charge on any atom is 0.240 e. The van der Waals surface area contributed by atoms with Crippen molar-refractivity contribution in [1.29, 1.82) is 0 Å². The molecule has 0 unspecified atom stereocenters. The number of fused-ring (bicyclic) bond motifs is 1. The SMILES string of the molecule is O=C(CCNS(=O)(=O)c1ccc(F)cc1)NCc1ccc(-c2nc3ccccc3s2)o1. The Kier molecular flexibility index (Phi) is 6.12. The van der Waals surface area contributed by atoms with E-state index in [1.54, 1.807) is 12.1 Å². The molecule has 31 heavy (non-hydrogen) atoms. The van der Waals surface area contributed by atoms with E-state index in [0.29, 0.717) is 11.5 Å². The predicted molar refractivity (Wildman–Crippen MR) is 115 cm³/mol. The fourth-order valence-corrected chi connectivity index (χ4v) is 4.79. The molecule has 0 aliphatic heterocycles. The second kappa shape index (κ2) is 8.96. The summed E-state index contributed by atoms with van der Waals surface area (Å²) < 4.78 is 46.3. The summed E-state index contributed by atoms with van der Waals surface area (Å²) in [6.45, 7) is 0.0924. The van der Waals surface area contributed by atoms with Crippen molar-refractivity contribution in [3.8, 4) is 10.8 Å². The third-order valence-electron chi connectivity index (χ3n) is 4.39. The highest BCUT2D eigenvalue weighted by Crippen LogP contribution is 2.31. The van der Waals surface area contributed by atoms with E-state index in [9.17, 15) is 17.6 Å². The van der Waals surface area contributed by atoms with Crippen molar-refractivity contribution in [2.45, 2.75) is 17.9 Å². The van der Waals surface area contributed by atoms with Crippen LogP contribution >= 0.6 is 11.3 Å². The van der Waals surface area contributed by atoms with E-state index in [1.807, 2.05) is 24.3 Å². The second-order valence-corrected chi connectivity index (χ2v) is 9.43. The molecule has 2 aromatic carbocycles. The number of furan rings is 1. The van der Waals surface area contributed by atoms with Crippen molar-refractivity contribution in [2.24, 2.45) is 0 Å². The first-order chi connectivity index (χ1) is 14.9. The number of carbonyl (C=O) groups excluding carboxylic acids is 1. The molecule has 2 N–H and O–H groups in total. The first-order valence-electron chi connectivity index (χ1n) is 9.37. The van der Waals surface area contributed by atoms with Gasteiger partial charge in [-0.3, -0.25) is 4.79 Å². The fourth-order valence-electron chi connectivity index (χ4n) is 2.84. The smallest absolute Gasteiger partial charge is 0.240 e. The summed E-state index contributed by atoms with van der Waals surface area (Å²) in [7, 11) is -3.80. The van der Waals surface area contributed by atoms with Crippen LogP contribution in [0.2, 0.25) is 0 Å². The number of halogens is 1. The Hall–Kier alpha value is -3.08. The average Bonchev–Trinajstić information content (AvgIpc) is 3.39. The van der Waals surface area contributed by atoms with E-state index in [0.717, 1.165) is 39.5 Å². The van der Waals surface area contributed by atoms with E-state index in [1.165, 1.54) is 11.3 Å². The van der Waals surface area contributed by atoms with Gasteiger partial charge in [-0.15, -0.1) is 11.3 Å². The number of hydrogen-bond donors (Lipinski definition) is 2. The van der Waals surface area contributed by atoms with E-state index >= 15 is 0 Å². The van der Waals surface area contributed by atoms with Gasteiger partial charge in [0.25, 0.3) is 0 Å². The molecule has 0 radical (unpaired) electrons. The number of aromatic nitrogens is 1. The van der Waals surface area contributed by atoms with Crippen molar-refractivity contribution in [1.82, 2.24) is 15.0 Å². The lowest BCUT2D eigenvalue weighted by Gasteiger charge is -2.07. The van der Waals surface area contributed by atoms with Crippen LogP contribution in [0.3, 0.4) is 0 Å². The van der Waals surface area contributed by atoms with E-state index in [-0.39, 0.29) is 30.3 Å². The number of amides is 1. The number of rotatable bonds is 8. The summed E-state index contributed by atoms with van der Waals surface area (Å²) in [4.78, 5) is 16.5. The molecular formula is C21H18FN3O4S2. The van der Waals surface area contributed by atoms with Crippen LogP contribution in [0, 0.1) is 5.82 Å². The van der Waals surface area contributed by atoms with Gasteiger partial charge in [-0.2, -0.15) is 0 Å². The first-order valence-corrected chi connectivity index (χ1v) is 11.7. The second-order valence-electron chi connectivity index (χ2n) is 6.63.